The molecule has 3 rings (SSSR count). The lowest BCUT2D eigenvalue weighted by Crippen LogP contribution is -2.25. The van der Waals surface area contributed by atoms with Gasteiger partial charge in [0.15, 0.2) is 0 Å². The summed E-state index contributed by atoms with van der Waals surface area (Å²) in [4.78, 5) is 16.5. The van der Waals surface area contributed by atoms with Gasteiger partial charge in [0.2, 0.25) is 0 Å². The van der Waals surface area contributed by atoms with E-state index in [9.17, 15) is 23.1 Å². The Labute approximate surface area is 155 Å². The molecular formula is C16H12Cl2F3N3O2. The first-order valence-electron chi connectivity index (χ1n) is 7.43. The lowest BCUT2D eigenvalue weighted by molar-refractivity contribution is -0.138. The molecule has 0 aliphatic heterocycles. The third kappa shape index (κ3) is 3.58. The number of benzene rings is 1. The fraction of sp³-hybridized carbons (Fsp3) is 0.250. The molecule has 5 nitrogen and oxygen atoms in total. The van der Waals surface area contributed by atoms with E-state index < -0.39 is 22.3 Å². The zero-order valence-corrected chi connectivity index (χ0v) is 14.6. The molecule has 0 amide bonds. The Bertz CT molecular complexity index is 1030. The van der Waals surface area contributed by atoms with Crippen LogP contribution in [0.15, 0.2) is 35.3 Å². The van der Waals surface area contributed by atoms with Crippen molar-refractivity contribution in [1.82, 2.24) is 14.1 Å². The first-order chi connectivity index (χ1) is 12.2. The van der Waals surface area contributed by atoms with Crippen molar-refractivity contribution in [1.29, 1.82) is 0 Å². The highest BCUT2D eigenvalue weighted by atomic mass is 35.5. The van der Waals surface area contributed by atoms with E-state index in [0.717, 1.165) is 4.57 Å². The summed E-state index contributed by atoms with van der Waals surface area (Å²) in [6, 6.07) is 5.50. The summed E-state index contributed by atoms with van der Waals surface area (Å²) in [5, 5.41) is 9.20. The topological polar surface area (TPSA) is 60.0 Å². The van der Waals surface area contributed by atoms with Gasteiger partial charge in [-0.2, -0.15) is 13.2 Å². The van der Waals surface area contributed by atoms with Gasteiger partial charge in [0.1, 0.15) is 10.8 Å². The third-order valence-corrected chi connectivity index (χ3v) is 4.30. The Morgan fingerprint density at radius 3 is 2.58 bits per heavy atom. The molecule has 1 aromatic carbocycles. The maximum atomic E-state index is 13.0. The maximum absolute atomic E-state index is 13.0. The molecule has 0 fully saturated rings. The monoisotopic (exact) mass is 405 g/mol. The zero-order chi connectivity index (χ0) is 19.1. The molecule has 0 aliphatic rings. The number of halogens is 5. The average Bonchev–Trinajstić information content (AvgIpc) is 2.88. The number of aromatic nitrogens is 3. The van der Waals surface area contributed by atoms with Crippen LogP contribution < -0.4 is 5.56 Å². The first kappa shape index (κ1) is 18.8. The first-order valence-corrected chi connectivity index (χ1v) is 8.19. The largest absolute Gasteiger partial charge is 0.417 e. The standard InChI is InChI=1S/C16H12Cl2F3N3O2/c17-10-1-2-12-13(6-10)24(3-4-25)14(22-12)8-23-7-9(16(19,20)21)5-11(18)15(23)26/h1-2,5-7,25H,3-4,8H2. The molecule has 138 valence electrons. The van der Waals surface area contributed by atoms with E-state index in [0.29, 0.717) is 34.1 Å². The van der Waals surface area contributed by atoms with E-state index in [1.165, 1.54) is 0 Å². The number of aliphatic hydroxyl groups is 1. The van der Waals surface area contributed by atoms with Crippen LogP contribution in [0.3, 0.4) is 0 Å². The van der Waals surface area contributed by atoms with Crippen LogP contribution in [0.4, 0.5) is 13.2 Å². The minimum Gasteiger partial charge on any atom is -0.395 e. The SMILES string of the molecule is O=c1c(Cl)cc(C(F)(F)F)cn1Cc1nc2ccc(Cl)cc2n1CCO. The molecule has 0 saturated carbocycles. The van der Waals surface area contributed by atoms with E-state index in [2.05, 4.69) is 4.98 Å². The maximum Gasteiger partial charge on any atom is 0.417 e. The normalized spacial score (nSPS) is 12.1. The summed E-state index contributed by atoms with van der Waals surface area (Å²) in [7, 11) is 0. The Balaban J connectivity index is 2.13. The summed E-state index contributed by atoms with van der Waals surface area (Å²) >= 11 is 11.6. The molecule has 3 aromatic rings. The third-order valence-electron chi connectivity index (χ3n) is 3.79. The summed E-state index contributed by atoms with van der Waals surface area (Å²) in [6.07, 6.45) is -3.94. The summed E-state index contributed by atoms with van der Waals surface area (Å²) in [6.45, 7) is -0.314. The van der Waals surface area contributed by atoms with Gasteiger partial charge in [-0.3, -0.25) is 4.79 Å². The predicted molar refractivity (Wildman–Crippen MR) is 91.6 cm³/mol. The number of imidazole rings is 1. The van der Waals surface area contributed by atoms with Crippen LogP contribution in [0.25, 0.3) is 11.0 Å². The highest BCUT2D eigenvalue weighted by molar-refractivity contribution is 6.31. The lowest BCUT2D eigenvalue weighted by atomic mass is 10.2. The van der Waals surface area contributed by atoms with Gasteiger partial charge in [0, 0.05) is 17.8 Å². The van der Waals surface area contributed by atoms with Crippen molar-refractivity contribution >= 4 is 34.2 Å². The molecule has 0 unspecified atom stereocenters. The Kier molecular flexibility index (Phi) is 5.01. The van der Waals surface area contributed by atoms with E-state index in [1.807, 2.05) is 0 Å². The Hall–Kier alpha value is -2.03. The summed E-state index contributed by atoms with van der Waals surface area (Å²) in [5.74, 6) is 0.300. The molecule has 0 radical (unpaired) electrons. The van der Waals surface area contributed by atoms with Crippen molar-refractivity contribution in [3.63, 3.8) is 0 Å². The number of rotatable bonds is 4. The minimum atomic E-state index is -4.64. The quantitative estimate of drug-likeness (QED) is 0.721. The van der Waals surface area contributed by atoms with Gasteiger partial charge in [-0.1, -0.05) is 23.2 Å². The second-order valence-electron chi connectivity index (χ2n) is 5.54. The van der Waals surface area contributed by atoms with Crippen LogP contribution in [0.5, 0.6) is 0 Å². The molecule has 0 saturated heterocycles. The highest BCUT2D eigenvalue weighted by Crippen LogP contribution is 2.30. The molecule has 1 N–H and O–H groups in total. The number of aliphatic hydroxyl groups excluding tert-OH is 1. The zero-order valence-electron chi connectivity index (χ0n) is 13.1. The fourth-order valence-electron chi connectivity index (χ4n) is 2.64. The van der Waals surface area contributed by atoms with E-state index in [-0.39, 0.29) is 19.7 Å². The number of hydrogen-bond donors (Lipinski definition) is 1. The highest BCUT2D eigenvalue weighted by Gasteiger charge is 2.32. The fourth-order valence-corrected chi connectivity index (χ4v) is 3.03. The van der Waals surface area contributed by atoms with Crippen LogP contribution in [0.1, 0.15) is 11.4 Å². The van der Waals surface area contributed by atoms with Gasteiger partial charge in [0.25, 0.3) is 5.56 Å². The Morgan fingerprint density at radius 1 is 1.19 bits per heavy atom. The molecule has 2 heterocycles. The molecule has 0 aliphatic carbocycles. The summed E-state index contributed by atoms with van der Waals surface area (Å²) in [5.41, 5.74) is -0.646. The van der Waals surface area contributed by atoms with Gasteiger partial charge >= 0.3 is 6.18 Å². The van der Waals surface area contributed by atoms with Crippen LogP contribution >= 0.6 is 23.2 Å². The number of fused-ring (bicyclic) bond motifs is 1. The molecule has 26 heavy (non-hydrogen) atoms. The van der Waals surface area contributed by atoms with Crippen molar-refractivity contribution in [3.05, 3.63) is 62.2 Å². The van der Waals surface area contributed by atoms with Gasteiger partial charge < -0.3 is 14.2 Å². The van der Waals surface area contributed by atoms with Crippen LogP contribution in [-0.2, 0) is 19.3 Å². The van der Waals surface area contributed by atoms with E-state index in [1.54, 1.807) is 22.8 Å². The average molecular weight is 406 g/mol. The Morgan fingerprint density at radius 2 is 1.92 bits per heavy atom. The van der Waals surface area contributed by atoms with Gasteiger partial charge in [-0.05, 0) is 24.3 Å². The second-order valence-corrected chi connectivity index (χ2v) is 6.39. The summed E-state index contributed by atoms with van der Waals surface area (Å²) < 4.78 is 41.4. The van der Waals surface area contributed by atoms with Gasteiger partial charge in [0.05, 0.1) is 29.7 Å². The van der Waals surface area contributed by atoms with Crippen LogP contribution in [0, 0.1) is 0 Å². The van der Waals surface area contributed by atoms with Gasteiger partial charge in [-0.25, -0.2) is 4.98 Å². The minimum absolute atomic E-state index is 0.146. The van der Waals surface area contributed by atoms with Crippen molar-refractivity contribution in [2.45, 2.75) is 19.3 Å². The molecule has 2 aromatic heterocycles. The van der Waals surface area contributed by atoms with E-state index in [4.69, 9.17) is 23.2 Å². The van der Waals surface area contributed by atoms with Crippen LogP contribution in [0.2, 0.25) is 10.0 Å². The molecule has 0 atom stereocenters. The number of nitrogens with zero attached hydrogens (tertiary/aromatic N) is 3. The number of pyridine rings is 1. The second kappa shape index (κ2) is 6.94. The number of hydrogen-bond acceptors (Lipinski definition) is 3. The van der Waals surface area contributed by atoms with Crippen molar-refractivity contribution in [3.8, 4) is 0 Å². The molecule has 10 heteroatoms. The molecule has 0 bridgehead atoms. The lowest BCUT2D eigenvalue weighted by Gasteiger charge is -2.13. The van der Waals surface area contributed by atoms with Crippen molar-refractivity contribution < 1.29 is 18.3 Å². The molecule has 0 spiro atoms. The van der Waals surface area contributed by atoms with Crippen molar-refractivity contribution in [2.24, 2.45) is 0 Å². The predicted octanol–water partition coefficient (Wildman–Crippen LogP) is 3.56. The molecular weight excluding hydrogens is 394 g/mol. The van der Waals surface area contributed by atoms with E-state index >= 15 is 0 Å². The smallest absolute Gasteiger partial charge is 0.395 e. The van der Waals surface area contributed by atoms with Gasteiger partial charge in [-0.15, -0.1) is 0 Å². The van der Waals surface area contributed by atoms with Crippen LogP contribution in [-0.4, -0.2) is 25.8 Å². The van der Waals surface area contributed by atoms with Crippen molar-refractivity contribution in [2.75, 3.05) is 6.61 Å². The number of alkyl halides is 3.